The van der Waals surface area contributed by atoms with E-state index in [1.54, 1.807) is 0 Å². The van der Waals surface area contributed by atoms with Gasteiger partial charge in [-0.05, 0) is 26.7 Å². The normalized spacial score (nSPS) is 51.5. The molecule has 76 valence electrons. The first-order valence-corrected chi connectivity index (χ1v) is 5.15. The molecule has 13 heavy (non-hydrogen) atoms. The van der Waals surface area contributed by atoms with Crippen molar-refractivity contribution < 1.29 is 14.6 Å². The molecule has 0 aromatic rings. The van der Waals surface area contributed by atoms with Gasteiger partial charge in [-0.1, -0.05) is 0 Å². The highest BCUT2D eigenvalue weighted by Gasteiger charge is 2.45. The third-order valence-corrected chi connectivity index (χ3v) is 3.18. The van der Waals surface area contributed by atoms with Crippen molar-refractivity contribution in [2.45, 2.75) is 63.6 Å². The summed E-state index contributed by atoms with van der Waals surface area (Å²) in [4.78, 5) is 0. The molecule has 0 aromatic heterocycles. The minimum Gasteiger partial charge on any atom is -0.393 e. The number of ether oxygens (including phenoxy) is 2. The number of hydrogen-bond donors (Lipinski definition) is 1. The zero-order chi connectivity index (χ0) is 9.47. The lowest BCUT2D eigenvalue weighted by atomic mass is 9.92. The molecular weight excluding hydrogens is 168 g/mol. The quantitative estimate of drug-likeness (QED) is 0.622. The fraction of sp³-hybridized carbons (Fsp3) is 1.00. The van der Waals surface area contributed by atoms with E-state index in [2.05, 4.69) is 0 Å². The van der Waals surface area contributed by atoms with Crippen LogP contribution in [0, 0.1) is 0 Å². The highest BCUT2D eigenvalue weighted by atomic mass is 16.8. The van der Waals surface area contributed by atoms with E-state index in [-0.39, 0.29) is 24.1 Å². The zero-order valence-corrected chi connectivity index (χ0v) is 8.32. The lowest BCUT2D eigenvalue weighted by Gasteiger charge is -2.34. The average molecular weight is 186 g/mol. The third kappa shape index (κ3) is 1.73. The molecule has 1 saturated heterocycles. The van der Waals surface area contributed by atoms with Crippen LogP contribution in [-0.2, 0) is 9.47 Å². The van der Waals surface area contributed by atoms with Crippen molar-refractivity contribution in [3.8, 4) is 0 Å². The van der Waals surface area contributed by atoms with Gasteiger partial charge in [-0.3, -0.25) is 0 Å². The summed E-state index contributed by atoms with van der Waals surface area (Å²) < 4.78 is 11.6. The summed E-state index contributed by atoms with van der Waals surface area (Å²) in [6.07, 6.45) is 3.51. The molecule has 1 heterocycles. The minimum atomic E-state index is -0.363. The Labute approximate surface area is 79.0 Å². The summed E-state index contributed by atoms with van der Waals surface area (Å²) in [5.41, 5.74) is 0. The van der Waals surface area contributed by atoms with Gasteiger partial charge in [0, 0.05) is 12.8 Å². The van der Waals surface area contributed by atoms with E-state index in [4.69, 9.17) is 9.47 Å². The predicted octanol–water partition coefficient (Wildman–Crippen LogP) is 1.44. The fourth-order valence-corrected chi connectivity index (χ4v) is 2.18. The van der Waals surface area contributed by atoms with Crippen LogP contribution in [0.5, 0.6) is 0 Å². The van der Waals surface area contributed by atoms with Crippen molar-refractivity contribution in [3.05, 3.63) is 0 Å². The van der Waals surface area contributed by atoms with Crippen molar-refractivity contribution >= 4 is 0 Å². The molecule has 2 fully saturated rings. The second-order valence-corrected chi connectivity index (χ2v) is 4.29. The van der Waals surface area contributed by atoms with Crippen molar-refractivity contribution in [3.63, 3.8) is 0 Å². The van der Waals surface area contributed by atoms with Crippen LogP contribution >= 0.6 is 0 Å². The average Bonchev–Trinajstić information content (AvgIpc) is 2.36. The monoisotopic (exact) mass is 186 g/mol. The molecule has 0 amide bonds. The minimum absolute atomic E-state index is 0.149. The Kier molecular flexibility index (Phi) is 2.34. The highest BCUT2D eigenvalue weighted by molar-refractivity contribution is 4.86. The van der Waals surface area contributed by atoms with E-state index in [1.165, 1.54) is 0 Å². The maximum atomic E-state index is 9.37. The van der Waals surface area contributed by atoms with Gasteiger partial charge in [0.2, 0.25) is 0 Å². The van der Waals surface area contributed by atoms with E-state index in [1.807, 2.05) is 13.8 Å². The highest BCUT2D eigenvalue weighted by Crippen LogP contribution is 2.40. The van der Waals surface area contributed by atoms with Crippen molar-refractivity contribution in [1.82, 2.24) is 0 Å². The van der Waals surface area contributed by atoms with Crippen LogP contribution in [0.15, 0.2) is 0 Å². The maximum Gasteiger partial charge on any atom is 0.169 e. The van der Waals surface area contributed by atoms with Gasteiger partial charge in [0.15, 0.2) is 5.79 Å². The van der Waals surface area contributed by atoms with Gasteiger partial charge in [0.05, 0.1) is 18.3 Å². The molecule has 1 spiro atoms. The molecule has 3 heteroatoms. The van der Waals surface area contributed by atoms with Gasteiger partial charge in [-0.25, -0.2) is 0 Å². The molecule has 0 radical (unpaired) electrons. The molecule has 2 aliphatic rings. The number of rotatable bonds is 0. The molecule has 2 rings (SSSR count). The van der Waals surface area contributed by atoms with Crippen LogP contribution in [0.25, 0.3) is 0 Å². The summed E-state index contributed by atoms with van der Waals surface area (Å²) in [7, 11) is 0. The molecule has 1 aliphatic heterocycles. The van der Waals surface area contributed by atoms with Gasteiger partial charge >= 0.3 is 0 Å². The second-order valence-electron chi connectivity index (χ2n) is 4.29. The van der Waals surface area contributed by atoms with E-state index in [9.17, 15) is 5.11 Å². The van der Waals surface area contributed by atoms with Crippen LogP contribution < -0.4 is 0 Å². The van der Waals surface area contributed by atoms with Gasteiger partial charge in [0.1, 0.15) is 0 Å². The Bertz CT molecular complexity index is 173. The molecule has 3 nitrogen and oxygen atoms in total. The molecule has 0 aromatic carbocycles. The van der Waals surface area contributed by atoms with Gasteiger partial charge in [0.25, 0.3) is 0 Å². The first-order chi connectivity index (χ1) is 6.11. The molecule has 1 aliphatic carbocycles. The van der Waals surface area contributed by atoms with Crippen LogP contribution in [0.4, 0.5) is 0 Å². The number of hydrogen-bond acceptors (Lipinski definition) is 3. The maximum absolute atomic E-state index is 9.37. The standard InChI is InChI=1S/C10H18O3/c1-7-8(2)13-10(12-7)5-3-9(11)4-6-10/h7-9,11H,3-6H2,1-2H3. The van der Waals surface area contributed by atoms with Gasteiger partial charge in [-0.2, -0.15) is 0 Å². The number of aliphatic hydroxyl groups is 1. The first kappa shape index (κ1) is 9.44. The van der Waals surface area contributed by atoms with Gasteiger partial charge < -0.3 is 14.6 Å². The van der Waals surface area contributed by atoms with E-state index in [0.29, 0.717) is 0 Å². The molecule has 1 saturated carbocycles. The van der Waals surface area contributed by atoms with Crippen LogP contribution in [0.1, 0.15) is 39.5 Å². The summed E-state index contributed by atoms with van der Waals surface area (Å²) in [5, 5.41) is 9.37. The predicted molar refractivity (Wildman–Crippen MR) is 48.3 cm³/mol. The third-order valence-electron chi connectivity index (χ3n) is 3.18. The Morgan fingerprint density at radius 2 is 1.54 bits per heavy atom. The van der Waals surface area contributed by atoms with Crippen molar-refractivity contribution in [2.75, 3.05) is 0 Å². The first-order valence-electron chi connectivity index (χ1n) is 5.15. The largest absolute Gasteiger partial charge is 0.393 e. The SMILES string of the molecule is CC1OC2(CCC(O)CC2)OC1C. The fourth-order valence-electron chi connectivity index (χ4n) is 2.18. The second kappa shape index (κ2) is 3.23. The summed E-state index contributed by atoms with van der Waals surface area (Å²) in [6.45, 7) is 4.09. The molecular formula is C10H18O3. The lowest BCUT2D eigenvalue weighted by Crippen LogP contribution is -2.37. The van der Waals surface area contributed by atoms with Crippen molar-refractivity contribution in [1.29, 1.82) is 0 Å². The lowest BCUT2D eigenvalue weighted by molar-refractivity contribution is -0.201. The van der Waals surface area contributed by atoms with E-state index in [0.717, 1.165) is 25.7 Å². The molecule has 1 N–H and O–H groups in total. The van der Waals surface area contributed by atoms with E-state index >= 15 is 0 Å². The molecule has 2 unspecified atom stereocenters. The molecule has 0 bridgehead atoms. The van der Waals surface area contributed by atoms with Crippen molar-refractivity contribution in [2.24, 2.45) is 0 Å². The Morgan fingerprint density at radius 1 is 1.08 bits per heavy atom. The van der Waals surface area contributed by atoms with Crippen LogP contribution in [0.2, 0.25) is 0 Å². The van der Waals surface area contributed by atoms with Gasteiger partial charge in [-0.15, -0.1) is 0 Å². The summed E-state index contributed by atoms with van der Waals surface area (Å²) in [5.74, 6) is -0.363. The van der Waals surface area contributed by atoms with E-state index < -0.39 is 0 Å². The topological polar surface area (TPSA) is 38.7 Å². The van der Waals surface area contributed by atoms with Crippen LogP contribution in [0.3, 0.4) is 0 Å². The Hall–Kier alpha value is -0.120. The Morgan fingerprint density at radius 3 is 2.00 bits per heavy atom. The zero-order valence-electron chi connectivity index (χ0n) is 8.32. The summed E-state index contributed by atoms with van der Waals surface area (Å²) in [6, 6.07) is 0. The summed E-state index contributed by atoms with van der Waals surface area (Å²) >= 11 is 0. The molecule has 2 atom stereocenters. The smallest absolute Gasteiger partial charge is 0.169 e. The van der Waals surface area contributed by atoms with Crippen LogP contribution in [-0.4, -0.2) is 29.2 Å². The Balaban J connectivity index is 1.99. The number of aliphatic hydroxyl groups excluding tert-OH is 1.